The Morgan fingerprint density at radius 3 is 3.06 bits per heavy atom. The quantitative estimate of drug-likeness (QED) is 0.760. The Morgan fingerprint density at radius 1 is 1.53 bits per heavy atom. The van der Waals surface area contributed by atoms with Crippen LogP contribution in [0.4, 0.5) is 10.1 Å². The van der Waals surface area contributed by atoms with E-state index in [1.165, 1.54) is 6.07 Å². The van der Waals surface area contributed by atoms with Crippen molar-refractivity contribution in [2.75, 3.05) is 32.1 Å². The number of nitrogens with zero attached hydrogens (tertiary/aromatic N) is 1. The number of hydrogen-bond donors (Lipinski definition) is 2. The Balaban J connectivity index is 2.13. The number of aliphatic hydroxyl groups is 1. The summed E-state index contributed by atoms with van der Waals surface area (Å²) < 4.78 is 18.9. The molecule has 1 heterocycles. The van der Waals surface area contributed by atoms with Crippen LogP contribution < -0.4 is 5.73 Å². The minimum absolute atomic E-state index is 0.00829. The highest BCUT2D eigenvalue weighted by Crippen LogP contribution is 2.20. The van der Waals surface area contributed by atoms with Crippen LogP contribution in [0.3, 0.4) is 0 Å². The number of rotatable bonds is 3. The van der Waals surface area contributed by atoms with Crippen molar-refractivity contribution in [1.29, 1.82) is 0 Å². The van der Waals surface area contributed by atoms with Crippen molar-refractivity contribution in [2.45, 2.75) is 12.6 Å². The van der Waals surface area contributed by atoms with Crippen molar-refractivity contribution in [2.24, 2.45) is 0 Å². The lowest BCUT2D eigenvalue weighted by Crippen LogP contribution is -2.47. The third-order valence-corrected chi connectivity index (χ3v) is 3.08. The van der Waals surface area contributed by atoms with Gasteiger partial charge in [-0.3, -0.25) is 4.90 Å². The predicted molar refractivity (Wildman–Crippen MR) is 62.9 cm³/mol. The van der Waals surface area contributed by atoms with E-state index >= 15 is 0 Å². The second-order valence-electron chi connectivity index (χ2n) is 4.19. The van der Waals surface area contributed by atoms with E-state index in [4.69, 9.17) is 10.5 Å². The van der Waals surface area contributed by atoms with Crippen molar-refractivity contribution in [3.63, 3.8) is 0 Å². The first kappa shape index (κ1) is 12.3. The van der Waals surface area contributed by atoms with Gasteiger partial charge in [0.15, 0.2) is 0 Å². The number of anilines is 1. The molecule has 1 unspecified atom stereocenters. The van der Waals surface area contributed by atoms with Gasteiger partial charge in [-0.25, -0.2) is 4.39 Å². The summed E-state index contributed by atoms with van der Waals surface area (Å²) >= 11 is 0. The topological polar surface area (TPSA) is 58.7 Å². The van der Waals surface area contributed by atoms with Gasteiger partial charge in [0, 0.05) is 24.3 Å². The second kappa shape index (κ2) is 5.44. The largest absolute Gasteiger partial charge is 0.398 e. The zero-order valence-corrected chi connectivity index (χ0v) is 9.60. The summed E-state index contributed by atoms with van der Waals surface area (Å²) in [4.78, 5) is 2.00. The Labute approximate surface area is 99.8 Å². The summed E-state index contributed by atoms with van der Waals surface area (Å²) in [6, 6.07) is 4.60. The van der Waals surface area contributed by atoms with Crippen LogP contribution in [-0.2, 0) is 11.3 Å². The zero-order valence-electron chi connectivity index (χ0n) is 9.60. The standard InChI is InChI=1S/C12H17FN2O2/c13-11-2-1-3-12(14)10(11)6-15-4-5-17-8-9(15)7-16/h1-3,9,16H,4-8,14H2. The number of hydrogen-bond acceptors (Lipinski definition) is 4. The first-order valence-corrected chi connectivity index (χ1v) is 5.68. The molecule has 1 aliphatic rings. The maximum Gasteiger partial charge on any atom is 0.129 e. The van der Waals surface area contributed by atoms with Crippen LogP contribution in [0.15, 0.2) is 18.2 Å². The second-order valence-corrected chi connectivity index (χ2v) is 4.19. The van der Waals surface area contributed by atoms with E-state index in [-0.39, 0.29) is 18.5 Å². The molecule has 1 fully saturated rings. The molecule has 0 spiro atoms. The fraction of sp³-hybridized carbons (Fsp3) is 0.500. The summed E-state index contributed by atoms with van der Waals surface area (Å²) in [5.41, 5.74) is 6.71. The van der Waals surface area contributed by atoms with Gasteiger partial charge in [0.25, 0.3) is 0 Å². The summed E-state index contributed by atoms with van der Waals surface area (Å²) in [5.74, 6) is -0.298. The maximum atomic E-state index is 13.6. The molecule has 1 aliphatic heterocycles. The van der Waals surface area contributed by atoms with Crippen molar-refractivity contribution in [1.82, 2.24) is 4.90 Å². The number of nitrogens with two attached hydrogens (primary N) is 1. The van der Waals surface area contributed by atoms with Gasteiger partial charge in [-0.2, -0.15) is 0 Å². The molecule has 0 saturated carbocycles. The summed E-state index contributed by atoms with van der Waals surface area (Å²) in [5, 5.41) is 9.23. The van der Waals surface area contributed by atoms with Crippen LogP contribution in [0, 0.1) is 5.82 Å². The Bertz CT molecular complexity index is 367. The summed E-state index contributed by atoms with van der Waals surface area (Å²) in [6.45, 7) is 2.18. The molecule has 0 radical (unpaired) electrons. The van der Waals surface area contributed by atoms with Crippen LogP contribution in [0.2, 0.25) is 0 Å². The Kier molecular flexibility index (Phi) is 3.93. The summed E-state index contributed by atoms with van der Waals surface area (Å²) in [6.07, 6.45) is 0. The molecule has 0 amide bonds. The third kappa shape index (κ3) is 2.74. The first-order chi connectivity index (χ1) is 8.22. The van der Waals surface area contributed by atoms with Crippen molar-refractivity contribution in [3.05, 3.63) is 29.6 Å². The predicted octanol–water partition coefficient (Wildman–Crippen LogP) is 0.601. The van der Waals surface area contributed by atoms with E-state index in [0.29, 0.717) is 37.6 Å². The maximum absolute atomic E-state index is 13.6. The average molecular weight is 240 g/mol. The molecular formula is C12H17FN2O2. The molecule has 2 rings (SSSR count). The smallest absolute Gasteiger partial charge is 0.129 e. The normalized spacial score (nSPS) is 21.6. The Hall–Kier alpha value is -1.17. The van der Waals surface area contributed by atoms with Gasteiger partial charge in [-0.1, -0.05) is 6.07 Å². The zero-order chi connectivity index (χ0) is 12.3. The van der Waals surface area contributed by atoms with Crippen LogP contribution >= 0.6 is 0 Å². The molecule has 1 saturated heterocycles. The van der Waals surface area contributed by atoms with E-state index in [1.807, 2.05) is 4.90 Å². The molecule has 0 bridgehead atoms. The van der Waals surface area contributed by atoms with Crippen LogP contribution in [0.5, 0.6) is 0 Å². The molecule has 1 aromatic carbocycles. The molecule has 0 aromatic heterocycles. The number of benzene rings is 1. The molecule has 4 nitrogen and oxygen atoms in total. The van der Waals surface area contributed by atoms with E-state index in [1.54, 1.807) is 12.1 Å². The van der Waals surface area contributed by atoms with E-state index in [0.717, 1.165) is 0 Å². The number of aliphatic hydroxyl groups excluding tert-OH is 1. The van der Waals surface area contributed by atoms with Gasteiger partial charge in [-0.05, 0) is 12.1 Å². The highest BCUT2D eigenvalue weighted by molar-refractivity contribution is 5.47. The first-order valence-electron chi connectivity index (χ1n) is 5.68. The highest BCUT2D eigenvalue weighted by atomic mass is 19.1. The van der Waals surface area contributed by atoms with Crippen molar-refractivity contribution >= 4 is 5.69 Å². The SMILES string of the molecule is Nc1cccc(F)c1CN1CCOCC1CO. The summed E-state index contributed by atoms with van der Waals surface area (Å²) in [7, 11) is 0. The number of halogens is 1. The average Bonchev–Trinajstić information content (AvgIpc) is 2.34. The van der Waals surface area contributed by atoms with E-state index in [9.17, 15) is 9.50 Å². The number of morpholine rings is 1. The molecular weight excluding hydrogens is 223 g/mol. The van der Waals surface area contributed by atoms with Crippen LogP contribution in [-0.4, -0.2) is 42.4 Å². The van der Waals surface area contributed by atoms with Gasteiger partial charge in [-0.15, -0.1) is 0 Å². The number of nitrogen functional groups attached to an aromatic ring is 1. The van der Waals surface area contributed by atoms with E-state index < -0.39 is 0 Å². The molecule has 1 aromatic rings. The van der Waals surface area contributed by atoms with Crippen molar-refractivity contribution in [3.8, 4) is 0 Å². The van der Waals surface area contributed by atoms with Gasteiger partial charge in [0.05, 0.1) is 25.9 Å². The molecule has 5 heteroatoms. The van der Waals surface area contributed by atoms with Crippen LogP contribution in [0.1, 0.15) is 5.56 Å². The fourth-order valence-electron chi connectivity index (χ4n) is 2.01. The molecule has 3 N–H and O–H groups in total. The van der Waals surface area contributed by atoms with Crippen LogP contribution in [0.25, 0.3) is 0 Å². The minimum atomic E-state index is -0.298. The Morgan fingerprint density at radius 2 is 2.35 bits per heavy atom. The molecule has 94 valence electrons. The van der Waals surface area contributed by atoms with E-state index in [2.05, 4.69) is 0 Å². The lowest BCUT2D eigenvalue weighted by atomic mass is 10.1. The lowest BCUT2D eigenvalue weighted by Gasteiger charge is -2.34. The van der Waals surface area contributed by atoms with Crippen molar-refractivity contribution < 1.29 is 14.2 Å². The number of ether oxygens (including phenoxy) is 1. The fourth-order valence-corrected chi connectivity index (χ4v) is 2.01. The molecule has 0 aliphatic carbocycles. The van der Waals surface area contributed by atoms with Gasteiger partial charge in [0.2, 0.25) is 0 Å². The third-order valence-electron chi connectivity index (χ3n) is 3.08. The highest BCUT2D eigenvalue weighted by Gasteiger charge is 2.23. The minimum Gasteiger partial charge on any atom is -0.398 e. The monoisotopic (exact) mass is 240 g/mol. The molecule has 1 atom stereocenters. The lowest BCUT2D eigenvalue weighted by molar-refractivity contribution is -0.0315. The van der Waals surface area contributed by atoms with Gasteiger partial charge < -0.3 is 15.6 Å². The van der Waals surface area contributed by atoms with Gasteiger partial charge in [0.1, 0.15) is 5.82 Å². The molecule has 17 heavy (non-hydrogen) atoms. The van der Waals surface area contributed by atoms with Gasteiger partial charge >= 0.3 is 0 Å².